The summed E-state index contributed by atoms with van der Waals surface area (Å²) in [6, 6.07) is 8.03. The Hall–Kier alpha value is -1.94. The number of methoxy groups -OCH3 is 1. The monoisotopic (exact) mass is 243 g/mol. The summed E-state index contributed by atoms with van der Waals surface area (Å²) < 4.78 is 5.26. The fraction of sp³-hybridized carbons (Fsp3) is 0.286. The third-order valence-electron chi connectivity index (χ3n) is 2.71. The third kappa shape index (κ3) is 2.84. The predicted octanol–water partition coefficient (Wildman–Crippen LogP) is 2.18. The maximum Gasteiger partial charge on any atom is 0.119 e. The standard InChI is InChI=1S/C14H17N3O/c1-3-16-14(13-10-15-7-8-17-13)11-5-4-6-12(9-11)18-2/h4-10,14,16H,3H2,1-2H3. The van der Waals surface area contributed by atoms with Gasteiger partial charge in [-0.05, 0) is 24.2 Å². The van der Waals surface area contributed by atoms with E-state index < -0.39 is 0 Å². The molecule has 1 atom stereocenters. The van der Waals surface area contributed by atoms with Crippen molar-refractivity contribution in [2.75, 3.05) is 13.7 Å². The first-order chi connectivity index (χ1) is 8.85. The van der Waals surface area contributed by atoms with Crippen LogP contribution in [0.2, 0.25) is 0 Å². The summed E-state index contributed by atoms with van der Waals surface area (Å²) in [5.41, 5.74) is 2.03. The highest BCUT2D eigenvalue weighted by atomic mass is 16.5. The van der Waals surface area contributed by atoms with Gasteiger partial charge in [0.25, 0.3) is 0 Å². The number of hydrogen-bond donors (Lipinski definition) is 1. The molecule has 0 saturated heterocycles. The van der Waals surface area contributed by atoms with Gasteiger partial charge < -0.3 is 10.1 Å². The van der Waals surface area contributed by atoms with Crippen molar-refractivity contribution in [1.29, 1.82) is 0 Å². The molecule has 18 heavy (non-hydrogen) atoms. The molecule has 1 unspecified atom stereocenters. The average molecular weight is 243 g/mol. The van der Waals surface area contributed by atoms with E-state index in [1.54, 1.807) is 25.7 Å². The van der Waals surface area contributed by atoms with Gasteiger partial charge in [-0.15, -0.1) is 0 Å². The van der Waals surface area contributed by atoms with Gasteiger partial charge in [-0.3, -0.25) is 9.97 Å². The minimum atomic E-state index is 0.0406. The van der Waals surface area contributed by atoms with Crippen molar-refractivity contribution >= 4 is 0 Å². The lowest BCUT2D eigenvalue weighted by Gasteiger charge is -2.18. The normalized spacial score (nSPS) is 12.1. The highest BCUT2D eigenvalue weighted by Crippen LogP contribution is 2.23. The molecule has 0 bridgehead atoms. The summed E-state index contributed by atoms with van der Waals surface area (Å²) in [6.45, 7) is 2.93. The highest BCUT2D eigenvalue weighted by Gasteiger charge is 2.14. The molecule has 0 radical (unpaired) electrons. The zero-order valence-electron chi connectivity index (χ0n) is 10.6. The van der Waals surface area contributed by atoms with Crippen molar-refractivity contribution in [3.05, 3.63) is 54.1 Å². The Morgan fingerprint density at radius 3 is 2.89 bits per heavy atom. The van der Waals surface area contributed by atoms with Gasteiger partial charge >= 0.3 is 0 Å². The van der Waals surface area contributed by atoms with Gasteiger partial charge in [0.15, 0.2) is 0 Å². The lowest BCUT2D eigenvalue weighted by molar-refractivity contribution is 0.413. The summed E-state index contributed by atoms with van der Waals surface area (Å²) in [7, 11) is 1.67. The van der Waals surface area contributed by atoms with Crippen LogP contribution in [0.4, 0.5) is 0 Å². The molecule has 0 aliphatic rings. The van der Waals surface area contributed by atoms with Crippen molar-refractivity contribution in [2.45, 2.75) is 13.0 Å². The Kier molecular flexibility index (Phi) is 4.25. The number of rotatable bonds is 5. The smallest absolute Gasteiger partial charge is 0.119 e. The molecular weight excluding hydrogens is 226 g/mol. The molecule has 94 valence electrons. The topological polar surface area (TPSA) is 47.0 Å². The first-order valence-corrected chi connectivity index (χ1v) is 5.98. The number of aromatic nitrogens is 2. The maximum atomic E-state index is 5.26. The summed E-state index contributed by atoms with van der Waals surface area (Å²) >= 11 is 0. The van der Waals surface area contributed by atoms with Gasteiger partial charge in [-0.1, -0.05) is 19.1 Å². The number of nitrogens with zero attached hydrogens (tertiary/aromatic N) is 2. The Morgan fingerprint density at radius 2 is 2.22 bits per heavy atom. The zero-order chi connectivity index (χ0) is 12.8. The second kappa shape index (κ2) is 6.12. The van der Waals surface area contributed by atoms with E-state index in [9.17, 15) is 0 Å². The van der Waals surface area contributed by atoms with Crippen LogP contribution in [-0.2, 0) is 0 Å². The number of nitrogens with one attached hydrogen (secondary N) is 1. The SMILES string of the molecule is CCNC(c1cccc(OC)c1)c1cnccn1. The molecule has 1 aromatic carbocycles. The van der Waals surface area contributed by atoms with Crippen LogP contribution >= 0.6 is 0 Å². The molecule has 1 aromatic heterocycles. The van der Waals surface area contributed by atoms with Crippen LogP contribution in [0.5, 0.6) is 5.75 Å². The second-order valence-electron chi connectivity index (χ2n) is 3.90. The van der Waals surface area contributed by atoms with Crippen LogP contribution < -0.4 is 10.1 Å². The van der Waals surface area contributed by atoms with E-state index in [0.717, 1.165) is 23.6 Å². The lowest BCUT2D eigenvalue weighted by atomic mass is 10.0. The number of benzene rings is 1. The van der Waals surface area contributed by atoms with Crippen molar-refractivity contribution in [1.82, 2.24) is 15.3 Å². The minimum Gasteiger partial charge on any atom is -0.497 e. The first-order valence-electron chi connectivity index (χ1n) is 5.98. The summed E-state index contributed by atoms with van der Waals surface area (Å²) in [5, 5.41) is 3.41. The Bertz CT molecular complexity index is 487. The summed E-state index contributed by atoms with van der Waals surface area (Å²) in [4.78, 5) is 8.49. The van der Waals surface area contributed by atoms with Crippen LogP contribution in [0, 0.1) is 0 Å². The third-order valence-corrected chi connectivity index (χ3v) is 2.71. The molecule has 2 aromatic rings. The van der Waals surface area contributed by atoms with E-state index in [0.29, 0.717) is 0 Å². The molecular formula is C14H17N3O. The van der Waals surface area contributed by atoms with Gasteiger partial charge in [-0.25, -0.2) is 0 Å². The largest absolute Gasteiger partial charge is 0.497 e. The van der Waals surface area contributed by atoms with E-state index in [-0.39, 0.29) is 6.04 Å². The van der Waals surface area contributed by atoms with E-state index >= 15 is 0 Å². The van der Waals surface area contributed by atoms with Gasteiger partial charge in [0.2, 0.25) is 0 Å². The molecule has 0 spiro atoms. The Balaban J connectivity index is 2.35. The molecule has 1 N–H and O–H groups in total. The Morgan fingerprint density at radius 1 is 1.33 bits per heavy atom. The van der Waals surface area contributed by atoms with Crippen LogP contribution in [0.1, 0.15) is 24.2 Å². The molecule has 1 heterocycles. The average Bonchev–Trinajstić information content (AvgIpc) is 2.46. The van der Waals surface area contributed by atoms with E-state index in [4.69, 9.17) is 4.74 Å². The van der Waals surface area contributed by atoms with Crippen LogP contribution in [0.3, 0.4) is 0 Å². The molecule has 0 amide bonds. The summed E-state index contributed by atoms with van der Waals surface area (Å²) in [5.74, 6) is 0.847. The van der Waals surface area contributed by atoms with Crippen molar-refractivity contribution < 1.29 is 4.74 Å². The molecule has 4 heteroatoms. The van der Waals surface area contributed by atoms with Gasteiger partial charge in [0, 0.05) is 12.4 Å². The number of ether oxygens (including phenoxy) is 1. The Labute approximate surface area is 107 Å². The molecule has 0 aliphatic heterocycles. The highest BCUT2D eigenvalue weighted by molar-refractivity contribution is 5.34. The minimum absolute atomic E-state index is 0.0406. The number of hydrogen-bond acceptors (Lipinski definition) is 4. The molecule has 2 rings (SSSR count). The lowest BCUT2D eigenvalue weighted by Crippen LogP contribution is -2.23. The fourth-order valence-electron chi connectivity index (χ4n) is 1.88. The maximum absolute atomic E-state index is 5.26. The van der Waals surface area contributed by atoms with Gasteiger partial charge in [0.05, 0.1) is 25.0 Å². The zero-order valence-corrected chi connectivity index (χ0v) is 10.6. The van der Waals surface area contributed by atoms with Gasteiger partial charge in [-0.2, -0.15) is 0 Å². The van der Waals surface area contributed by atoms with Gasteiger partial charge in [0.1, 0.15) is 5.75 Å². The van der Waals surface area contributed by atoms with Crippen LogP contribution in [-0.4, -0.2) is 23.6 Å². The molecule has 4 nitrogen and oxygen atoms in total. The van der Waals surface area contributed by atoms with Crippen molar-refractivity contribution in [3.8, 4) is 5.75 Å². The van der Waals surface area contributed by atoms with Crippen molar-refractivity contribution in [2.24, 2.45) is 0 Å². The van der Waals surface area contributed by atoms with E-state index in [1.165, 1.54) is 0 Å². The van der Waals surface area contributed by atoms with Crippen LogP contribution in [0.15, 0.2) is 42.9 Å². The summed E-state index contributed by atoms with van der Waals surface area (Å²) in [6.07, 6.45) is 5.17. The molecule has 0 fully saturated rings. The fourth-order valence-corrected chi connectivity index (χ4v) is 1.88. The quantitative estimate of drug-likeness (QED) is 0.874. The first kappa shape index (κ1) is 12.5. The molecule has 0 saturated carbocycles. The molecule has 0 aliphatic carbocycles. The predicted molar refractivity (Wildman–Crippen MR) is 70.5 cm³/mol. The van der Waals surface area contributed by atoms with E-state index in [2.05, 4.69) is 28.3 Å². The van der Waals surface area contributed by atoms with Crippen LogP contribution in [0.25, 0.3) is 0 Å². The van der Waals surface area contributed by atoms with E-state index in [1.807, 2.05) is 18.2 Å². The van der Waals surface area contributed by atoms with Crippen molar-refractivity contribution in [3.63, 3.8) is 0 Å². The second-order valence-corrected chi connectivity index (χ2v) is 3.90.